The quantitative estimate of drug-likeness (QED) is 0.467. The van der Waals surface area contributed by atoms with Gasteiger partial charge in [-0.1, -0.05) is 72.8 Å². The Labute approximate surface area is 176 Å². The summed E-state index contributed by atoms with van der Waals surface area (Å²) in [5.74, 6) is 0.587. The number of aromatic nitrogens is 1. The first-order chi connectivity index (χ1) is 14.8. The van der Waals surface area contributed by atoms with Gasteiger partial charge in [-0.3, -0.25) is 4.90 Å². The number of piperazine rings is 1. The molecule has 1 aliphatic rings. The van der Waals surface area contributed by atoms with Crippen LogP contribution >= 0.6 is 0 Å². The Morgan fingerprint density at radius 2 is 1.30 bits per heavy atom. The highest BCUT2D eigenvalue weighted by molar-refractivity contribution is 5.80. The van der Waals surface area contributed by atoms with Crippen molar-refractivity contribution in [2.24, 2.45) is 0 Å². The van der Waals surface area contributed by atoms with Crippen molar-refractivity contribution in [3.05, 3.63) is 108 Å². The lowest BCUT2D eigenvalue weighted by Crippen LogP contribution is -2.48. The summed E-state index contributed by atoms with van der Waals surface area (Å²) in [5, 5.41) is 0.839. The predicted octanol–water partition coefficient (Wildman–Crippen LogP) is 5.29. The molecule has 4 aromatic rings. The zero-order chi connectivity index (χ0) is 20.3. The third-order valence-corrected chi connectivity index (χ3v) is 5.89. The fourth-order valence-electron chi connectivity index (χ4n) is 4.37. The number of halogens is 1. The standard InChI is InChI=1S/C26H24FN3/c27-23-13-7-12-20-14-15-24(28-25(20)23)29-16-18-30(19-17-29)26(21-8-3-1-4-9-21)22-10-5-2-6-11-22/h1-15,26H,16-19H2. The van der Waals surface area contributed by atoms with Crippen LogP contribution in [-0.4, -0.2) is 36.1 Å². The van der Waals surface area contributed by atoms with E-state index in [2.05, 4.69) is 75.4 Å². The van der Waals surface area contributed by atoms with Gasteiger partial charge in [0.25, 0.3) is 0 Å². The zero-order valence-corrected chi connectivity index (χ0v) is 16.8. The van der Waals surface area contributed by atoms with Crippen LogP contribution in [0.3, 0.4) is 0 Å². The second-order valence-corrected chi connectivity index (χ2v) is 7.73. The zero-order valence-electron chi connectivity index (χ0n) is 16.8. The molecular formula is C26H24FN3. The molecule has 3 nitrogen and oxygen atoms in total. The van der Waals surface area contributed by atoms with Crippen molar-refractivity contribution in [1.82, 2.24) is 9.88 Å². The number of nitrogens with zero attached hydrogens (tertiary/aromatic N) is 3. The highest BCUT2D eigenvalue weighted by Gasteiger charge is 2.26. The molecule has 150 valence electrons. The Bertz CT molecular complexity index is 1080. The van der Waals surface area contributed by atoms with Crippen molar-refractivity contribution in [3.8, 4) is 0 Å². The lowest BCUT2D eigenvalue weighted by Gasteiger charge is -2.40. The number of benzene rings is 3. The van der Waals surface area contributed by atoms with E-state index in [0.29, 0.717) is 5.52 Å². The Morgan fingerprint density at radius 1 is 0.667 bits per heavy atom. The number of hydrogen-bond acceptors (Lipinski definition) is 3. The van der Waals surface area contributed by atoms with Gasteiger partial charge in [0, 0.05) is 31.6 Å². The Balaban J connectivity index is 1.38. The largest absolute Gasteiger partial charge is 0.354 e. The maximum absolute atomic E-state index is 14.2. The molecular weight excluding hydrogens is 373 g/mol. The van der Waals surface area contributed by atoms with E-state index in [4.69, 9.17) is 0 Å². The molecule has 0 saturated carbocycles. The Morgan fingerprint density at radius 3 is 1.93 bits per heavy atom. The van der Waals surface area contributed by atoms with Crippen molar-refractivity contribution in [2.75, 3.05) is 31.1 Å². The number of pyridine rings is 1. The molecule has 1 saturated heterocycles. The van der Waals surface area contributed by atoms with Crippen LogP contribution in [0.2, 0.25) is 0 Å². The fraction of sp³-hybridized carbons (Fsp3) is 0.192. The molecule has 4 heteroatoms. The van der Waals surface area contributed by atoms with Crippen LogP contribution in [0, 0.1) is 5.82 Å². The SMILES string of the molecule is Fc1cccc2ccc(N3CCN(C(c4ccccc4)c4ccccc4)CC3)nc12. The molecule has 3 aromatic carbocycles. The summed E-state index contributed by atoms with van der Waals surface area (Å²) in [5.41, 5.74) is 3.06. The van der Waals surface area contributed by atoms with E-state index in [0.717, 1.165) is 37.4 Å². The van der Waals surface area contributed by atoms with Gasteiger partial charge in [-0.25, -0.2) is 9.37 Å². The molecule has 0 bridgehead atoms. The molecule has 0 aliphatic carbocycles. The third kappa shape index (κ3) is 3.66. The van der Waals surface area contributed by atoms with E-state index in [1.807, 2.05) is 18.2 Å². The van der Waals surface area contributed by atoms with Gasteiger partial charge in [-0.2, -0.15) is 0 Å². The summed E-state index contributed by atoms with van der Waals surface area (Å²) in [6.45, 7) is 3.57. The van der Waals surface area contributed by atoms with Gasteiger partial charge in [0.05, 0.1) is 6.04 Å². The van der Waals surface area contributed by atoms with Crippen LogP contribution in [-0.2, 0) is 0 Å². The molecule has 0 unspecified atom stereocenters. The summed E-state index contributed by atoms with van der Waals surface area (Å²) in [7, 11) is 0. The van der Waals surface area contributed by atoms with Crippen LogP contribution in [0.25, 0.3) is 10.9 Å². The molecule has 1 fully saturated rings. The first-order valence-corrected chi connectivity index (χ1v) is 10.4. The van der Waals surface area contributed by atoms with Gasteiger partial charge in [0.1, 0.15) is 17.2 Å². The first kappa shape index (κ1) is 18.8. The maximum atomic E-state index is 14.2. The average molecular weight is 397 g/mol. The molecule has 0 amide bonds. The molecule has 1 aromatic heterocycles. The minimum Gasteiger partial charge on any atom is -0.354 e. The van der Waals surface area contributed by atoms with E-state index in [-0.39, 0.29) is 11.9 Å². The normalized spacial score (nSPS) is 15.1. The van der Waals surface area contributed by atoms with Crippen molar-refractivity contribution < 1.29 is 4.39 Å². The topological polar surface area (TPSA) is 19.4 Å². The molecule has 0 spiro atoms. The molecule has 30 heavy (non-hydrogen) atoms. The average Bonchev–Trinajstić information content (AvgIpc) is 2.81. The monoisotopic (exact) mass is 397 g/mol. The summed E-state index contributed by atoms with van der Waals surface area (Å²) in [6.07, 6.45) is 0. The summed E-state index contributed by atoms with van der Waals surface area (Å²) >= 11 is 0. The van der Waals surface area contributed by atoms with Gasteiger partial charge < -0.3 is 4.90 Å². The van der Waals surface area contributed by atoms with E-state index < -0.39 is 0 Å². The lowest BCUT2D eigenvalue weighted by atomic mass is 9.96. The van der Waals surface area contributed by atoms with Crippen molar-refractivity contribution in [3.63, 3.8) is 0 Å². The van der Waals surface area contributed by atoms with Gasteiger partial charge in [0.2, 0.25) is 0 Å². The fourth-order valence-corrected chi connectivity index (χ4v) is 4.37. The second-order valence-electron chi connectivity index (χ2n) is 7.73. The van der Waals surface area contributed by atoms with Crippen LogP contribution in [0.4, 0.5) is 10.2 Å². The summed E-state index contributed by atoms with van der Waals surface area (Å²) in [4.78, 5) is 9.41. The smallest absolute Gasteiger partial charge is 0.149 e. The van der Waals surface area contributed by atoms with E-state index in [9.17, 15) is 4.39 Å². The van der Waals surface area contributed by atoms with Gasteiger partial charge >= 0.3 is 0 Å². The summed E-state index contributed by atoms with van der Waals surface area (Å²) in [6, 6.07) is 30.7. The van der Waals surface area contributed by atoms with E-state index >= 15 is 0 Å². The second kappa shape index (κ2) is 8.25. The van der Waals surface area contributed by atoms with Gasteiger partial charge in [-0.15, -0.1) is 0 Å². The molecule has 2 heterocycles. The van der Waals surface area contributed by atoms with Crippen LogP contribution < -0.4 is 4.90 Å². The number of hydrogen-bond donors (Lipinski definition) is 0. The Kier molecular flexibility index (Phi) is 5.16. The predicted molar refractivity (Wildman–Crippen MR) is 120 cm³/mol. The number of para-hydroxylation sites is 1. The van der Waals surface area contributed by atoms with Gasteiger partial charge in [0.15, 0.2) is 0 Å². The highest BCUT2D eigenvalue weighted by atomic mass is 19.1. The molecule has 5 rings (SSSR count). The Hall–Kier alpha value is -3.24. The maximum Gasteiger partial charge on any atom is 0.149 e. The van der Waals surface area contributed by atoms with Crippen molar-refractivity contribution in [2.45, 2.75) is 6.04 Å². The van der Waals surface area contributed by atoms with E-state index in [1.54, 1.807) is 6.07 Å². The molecule has 0 atom stereocenters. The van der Waals surface area contributed by atoms with Crippen LogP contribution in [0.5, 0.6) is 0 Å². The number of anilines is 1. The first-order valence-electron chi connectivity index (χ1n) is 10.4. The number of rotatable bonds is 4. The minimum atomic E-state index is -0.263. The van der Waals surface area contributed by atoms with Crippen LogP contribution in [0.1, 0.15) is 17.2 Å². The minimum absolute atomic E-state index is 0.233. The molecule has 1 aliphatic heterocycles. The third-order valence-electron chi connectivity index (χ3n) is 5.89. The summed E-state index contributed by atoms with van der Waals surface area (Å²) < 4.78 is 14.2. The van der Waals surface area contributed by atoms with Crippen molar-refractivity contribution >= 4 is 16.7 Å². The van der Waals surface area contributed by atoms with Crippen LogP contribution in [0.15, 0.2) is 91.0 Å². The number of fused-ring (bicyclic) bond motifs is 1. The highest BCUT2D eigenvalue weighted by Crippen LogP contribution is 2.30. The van der Waals surface area contributed by atoms with E-state index in [1.165, 1.54) is 17.2 Å². The molecule has 0 radical (unpaired) electrons. The molecule has 0 N–H and O–H groups in total. The lowest BCUT2D eigenvalue weighted by molar-refractivity contribution is 0.212. The van der Waals surface area contributed by atoms with Crippen molar-refractivity contribution in [1.29, 1.82) is 0 Å². The van der Waals surface area contributed by atoms with Gasteiger partial charge in [-0.05, 0) is 29.3 Å².